The van der Waals surface area contributed by atoms with E-state index in [9.17, 15) is 5.11 Å². The summed E-state index contributed by atoms with van der Waals surface area (Å²) in [5, 5.41) is 14.8. The van der Waals surface area contributed by atoms with Crippen molar-refractivity contribution in [1.29, 1.82) is 0 Å². The predicted molar refractivity (Wildman–Crippen MR) is 90.7 cm³/mol. The van der Waals surface area contributed by atoms with Crippen LogP contribution in [0.1, 0.15) is 30.0 Å². The van der Waals surface area contributed by atoms with Gasteiger partial charge in [0.2, 0.25) is 0 Å². The Morgan fingerprint density at radius 1 is 1.46 bits per heavy atom. The van der Waals surface area contributed by atoms with E-state index in [1.165, 1.54) is 12.1 Å². The monoisotopic (exact) mass is 333 g/mol. The molecule has 1 aliphatic rings. The number of aliphatic hydroxyl groups excluding tert-OH is 1. The highest BCUT2D eigenvalue weighted by Gasteiger charge is 2.27. The Morgan fingerprint density at radius 2 is 2.33 bits per heavy atom. The Morgan fingerprint density at radius 3 is 3.04 bits per heavy atom. The van der Waals surface area contributed by atoms with Gasteiger partial charge in [-0.25, -0.2) is 0 Å². The number of β-amino-alcohol motifs (C(OH)–C–C–N with tert-alkyl or cyclic N) is 1. The molecule has 0 aromatic carbocycles. The first kappa shape index (κ1) is 17.2. The van der Waals surface area contributed by atoms with Crippen LogP contribution in [0, 0.1) is 13.8 Å². The molecule has 1 fully saturated rings. The highest BCUT2D eigenvalue weighted by molar-refractivity contribution is 5.07. The van der Waals surface area contributed by atoms with Crippen molar-refractivity contribution in [2.75, 3.05) is 19.7 Å². The van der Waals surface area contributed by atoms with Crippen LogP contribution in [0.15, 0.2) is 28.9 Å². The van der Waals surface area contributed by atoms with E-state index in [1.54, 1.807) is 6.26 Å². The number of aromatic nitrogens is 2. The Kier molecular flexibility index (Phi) is 5.71. The predicted octanol–water partition coefficient (Wildman–Crippen LogP) is 2.14. The smallest absolute Gasteiger partial charge is 0.129 e. The van der Waals surface area contributed by atoms with E-state index in [2.05, 4.69) is 27.7 Å². The number of ether oxygens (including phenoxy) is 1. The van der Waals surface area contributed by atoms with Crippen molar-refractivity contribution in [2.45, 2.75) is 52.0 Å². The summed E-state index contributed by atoms with van der Waals surface area (Å²) in [6, 6.07) is 6.25. The molecule has 1 aliphatic heterocycles. The standard InChI is InChI=1S/C18H27N3O3/c1-14-9-15(2)21(19-14)10-16-5-3-7-20(16)11-17(22)12-23-13-18-6-4-8-24-18/h4,6,8-9,16-17,22H,3,5,7,10-13H2,1-2H3/t16-,17+/m1/s1. The summed E-state index contributed by atoms with van der Waals surface area (Å²) in [6.45, 7) is 7.40. The van der Waals surface area contributed by atoms with E-state index in [0.29, 0.717) is 25.8 Å². The molecule has 0 amide bonds. The van der Waals surface area contributed by atoms with Gasteiger partial charge in [0.05, 0.1) is 31.2 Å². The minimum Gasteiger partial charge on any atom is -0.467 e. The van der Waals surface area contributed by atoms with E-state index < -0.39 is 6.10 Å². The first-order chi connectivity index (χ1) is 11.6. The van der Waals surface area contributed by atoms with E-state index in [0.717, 1.165) is 31.0 Å². The van der Waals surface area contributed by atoms with Crippen molar-refractivity contribution in [3.63, 3.8) is 0 Å². The highest BCUT2D eigenvalue weighted by Crippen LogP contribution is 2.20. The van der Waals surface area contributed by atoms with Crippen LogP contribution in [0.3, 0.4) is 0 Å². The largest absolute Gasteiger partial charge is 0.467 e. The Bertz CT molecular complexity index is 623. The number of hydrogen-bond donors (Lipinski definition) is 1. The van der Waals surface area contributed by atoms with E-state index in [-0.39, 0.29) is 0 Å². The van der Waals surface area contributed by atoms with Gasteiger partial charge in [0, 0.05) is 18.3 Å². The molecular formula is C18H27N3O3. The van der Waals surface area contributed by atoms with Crippen molar-refractivity contribution in [3.05, 3.63) is 41.6 Å². The Labute approximate surface area is 143 Å². The van der Waals surface area contributed by atoms with Crippen LogP contribution in [0.5, 0.6) is 0 Å². The van der Waals surface area contributed by atoms with Crippen LogP contribution >= 0.6 is 0 Å². The molecule has 6 nitrogen and oxygen atoms in total. The van der Waals surface area contributed by atoms with Gasteiger partial charge in [-0.1, -0.05) is 0 Å². The van der Waals surface area contributed by atoms with Gasteiger partial charge in [-0.3, -0.25) is 9.58 Å². The van der Waals surface area contributed by atoms with Crippen molar-refractivity contribution >= 4 is 0 Å². The average molecular weight is 333 g/mol. The maximum atomic E-state index is 10.3. The molecule has 132 valence electrons. The Balaban J connectivity index is 1.45. The molecule has 2 aromatic rings. The molecule has 1 saturated heterocycles. The lowest BCUT2D eigenvalue weighted by Gasteiger charge is -2.27. The summed E-state index contributed by atoms with van der Waals surface area (Å²) in [4.78, 5) is 2.36. The molecule has 0 unspecified atom stereocenters. The number of aliphatic hydroxyl groups is 1. The van der Waals surface area contributed by atoms with Gasteiger partial charge in [-0.05, 0) is 51.4 Å². The molecule has 0 bridgehead atoms. The van der Waals surface area contributed by atoms with Gasteiger partial charge in [0.1, 0.15) is 12.4 Å². The number of hydrogen-bond acceptors (Lipinski definition) is 5. The summed E-state index contributed by atoms with van der Waals surface area (Å²) in [5.41, 5.74) is 2.25. The molecule has 2 atom stereocenters. The first-order valence-electron chi connectivity index (χ1n) is 8.65. The molecule has 1 N–H and O–H groups in total. The molecule has 24 heavy (non-hydrogen) atoms. The third-order valence-electron chi connectivity index (χ3n) is 4.57. The van der Waals surface area contributed by atoms with Crippen LogP contribution in [0.2, 0.25) is 0 Å². The lowest BCUT2D eigenvalue weighted by molar-refractivity contribution is 0.00210. The molecule has 0 saturated carbocycles. The SMILES string of the molecule is Cc1cc(C)n(C[C@H]2CCCN2C[C@H](O)COCc2ccco2)n1. The number of aryl methyl sites for hydroxylation is 2. The minimum absolute atomic E-state index is 0.323. The molecule has 3 heterocycles. The second-order valence-electron chi connectivity index (χ2n) is 6.65. The van der Waals surface area contributed by atoms with E-state index in [1.807, 2.05) is 19.1 Å². The number of nitrogens with zero attached hydrogens (tertiary/aromatic N) is 3. The molecular weight excluding hydrogens is 306 g/mol. The second kappa shape index (κ2) is 7.96. The second-order valence-corrected chi connectivity index (χ2v) is 6.65. The van der Waals surface area contributed by atoms with Crippen LogP contribution in [-0.2, 0) is 17.9 Å². The molecule has 0 radical (unpaired) electrons. The maximum Gasteiger partial charge on any atom is 0.129 e. The van der Waals surface area contributed by atoms with Crippen molar-refractivity contribution in [2.24, 2.45) is 0 Å². The topological polar surface area (TPSA) is 63.7 Å². The summed E-state index contributed by atoms with van der Waals surface area (Å²) >= 11 is 0. The van der Waals surface area contributed by atoms with Crippen LogP contribution in [-0.4, -0.2) is 51.6 Å². The normalized spacial score (nSPS) is 19.9. The molecule has 2 aromatic heterocycles. The van der Waals surface area contributed by atoms with Crippen LogP contribution in [0.4, 0.5) is 0 Å². The molecule has 3 rings (SSSR count). The zero-order valence-corrected chi connectivity index (χ0v) is 14.5. The van der Waals surface area contributed by atoms with Crippen LogP contribution < -0.4 is 0 Å². The fourth-order valence-electron chi connectivity index (χ4n) is 3.42. The molecule has 6 heteroatoms. The zero-order chi connectivity index (χ0) is 16.9. The first-order valence-corrected chi connectivity index (χ1v) is 8.65. The number of rotatable bonds is 8. The van der Waals surface area contributed by atoms with Crippen molar-refractivity contribution in [3.8, 4) is 0 Å². The summed E-state index contributed by atoms with van der Waals surface area (Å²) in [5.74, 6) is 0.783. The van der Waals surface area contributed by atoms with Gasteiger partial charge in [0.15, 0.2) is 0 Å². The lowest BCUT2D eigenvalue weighted by Crippen LogP contribution is -2.40. The molecule has 0 aliphatic carbocycles. The fraction of sp³-hybridized carbons (Fsp3) is 0.611. The van der Waals surface area contributed by atoms with Crippen molar-refractivity contribution < 1.29 is 14.3 Å². The van der Waals surface area contributed by atoms with Crippen molar-refractivity contribution in [1.82, 2.24) is 14.7 Å². The van der Waals surface area contributed by atoms with Gasteiger partial charge >= 0.3 is 0 Å². The quantitative estimate of drug-likeness (QED) is 0.802. The van der Waals surface area contributed by atoms with Gasteiger partial charge < -0.3 is 14.3 Å². The summed E-state index contributed by atoms with van der Waals surface area (Å²) < 4.78 is 12.8. The minimum atomic E-state index is -0.485. The van der Waals surface area contributed by atoms with E-state index in [4.69, 9.17) is 9.15 Å². The summed E-state index contributed by atoms with van der Waals surface area (Å²) in [6.07, 6.45) is 3.46. The fourth-order valence-corrected chi connectivity index (χ4v) is 3.42. The average Bonchev–Trinajstić information content (AvgIpc) is 3.24. The van der Waals surface area contributed by atoms with Gasteiger partial charge in [-0.2, -0.15) is 5.10 Å². The van der Waals surface area contributed by atoms with Gasteiger partial charge in [0.25, 0.3) is 0 Å². The maximum absolute atomic E-state index is 10.3. The Hall–Kier alpha value is -1.63. The third-order valence-corrected chi connectivity index (χ3v) is 4.57. The van der Waals surface area contributed by atoms with Crippen LogP contribution in [0.25, 0.3) is 0 Å². The number of likely N-dealkylation sites (tertiary alicyclic amines) is 1. The number of furan rings is 1. The third kappa shape index (κ3) is 4.47. The summed E-state index contributed by atoms with van der Waals surface area (Å²) in [7, 11) is 0. The van der Waals surface area contributed by atoms with E-state index >= 15 is 0 Å². The van der Waals surface area contributed by atoms with Gasteiger partial charge in [-0.15, -0.1) is 0 Å². The zero-order valence-electron chi connectivity index (χ0n) is 14.5. The lowest BCUT2D eigenvalue weighted by atomic mass is 10.2. The molecule has 0 spiro atoms. The highest BCUT2D eigenvalue weighted by atomic mass is 16.5.